The number of urea groups is 1. The zero-order chi connectivity index (χ0) is 28.9. The van der Waals surface area contributed by atoms with Gasteiger partial charge in [-0.2, -0.15) is 0 Å². The first kappa shape index (κ1) is 27.5. The van der Waals surface area contributed by atoms with Gasteiger partial charge in [0.25, 0.3) is 15.9 Å². The van der Waals surface area contributed by atoms with Crippen LogP contribution in [0.3, 0.4) is 0 Å². The lowest BCUT2D eigenvalue weighted by Crippen LogP contribution is -2.55. The number of likely N-dealkylation sites (tertiary alicyclic amines) is 1. The molecule has 3 aliphatic rings. The summed E-state index contributed by atoms with van der Waals surface area (Å²) in [5.74, 6) is -0.706. The van der Waals surface area contributed by atoms with Crippen LogP contribution in [0.15, 0.2) is 71.6 Å². The molecule has 3 amide bonds. The summed E-state index contributed by atoms with van der Waals surface area (Å²) in [5, 5.41) is 3.47. The van der Waals surface area contributed by atoms with E-state index in [0.29, 0.717) is 42.2 Å². The number of primary amides is 1. The summed E-state index contributed by atoms with van der Waals surface area (Å²) >= 11 is 6.26. The fraction of sp³-hybridized carbons (Fsp3) is 0.333. The van der Waals surface area contributed by atoms with Gasteiger partial charge in [0, 0.05) is 35.6 Å². The molecule has 8 nitrogen and oxygen atoms in total. The maximum absolute atomic E-state index is 14.2. The van der Waals surface area contributed by atoms with Crippen LogP contribution in [0.4, 0.5) is 14.9 Å². The number of carbonyl (C=O) groups excluding carboxylic acids is 2. The molecule has 0 aromatic heterocycles. The Hall–Kier alpha value is -3.63. The van der Waals surface area contributed by atoms with Crippen molar-refractivity contribution in [2.24, 2.45) is 11.7 Å². The second-order valence-corrected chi connectivity index (χ2v) is 13.2. The number of hydrogen-bond acceptors (Lipinski definition) is 4. The number of anilines is 1. The molecular weight excluding hydrogens is 567 g/mol. The van der Waals surface area contributed by atoms with Crippen molar-refractivity contribution >= 4 is 39.2 Å². The van der Waals surface area contributed by atoms with Crippen LogP contribution in [0.1, 0.15) is 47.2 Å². The van der Waals surface area contributed by atoms with Crippen LogP contribution in [0.2, 0.25) is 5.02 Å². The molecule has 3 N–H and O–H groups in total. The number of sulfonamides is 1. The fourth-order valence-corrected chi connectivity index (χ4v) is 8.47. The van der Waals surface area contributed by atoms with Gasteiger partial charge in [-0.05, 0) is 91.3 Å². The molecule has 1 aliphatic carbocycles. The summed E-state index contributed by atoms with van der Waals surface area (Å²) in [6.07, 6.45) is 2.76. The Bertz CT molecular complexity index is 1620. The van der Waals surface area contributed by atoms with Crippen molar-refractivity contribution in [3.8, 4) is 0 Å². The quantitative estimate of drug-likeness (QED) is 0.425. The Morgan fingerprint density at radius 1 is 1.02 bits per heavy atom. The summed E-state index contributed by atoms with van der Waals surface area (Å²) in [4.78, 5) is 26.9. The van der Waals surface area contributed by atoms with E-state index in [1.54, 1.807) is 29.2 Å². The van der Waals surface area contributed by atoms with Crippen LogP contribution in [0.25, 0.3) is 0 Å². The molecule has 3 aromatic rings. The number of hydrogen-bond donors (Lipinski definition) is 2. The van der Waals surface area contributed by atoms with Gasteiger partial charge >= 0.3 is 6.03 Å². The first-order valence-electron chi connectivity index (χ1n) is 13.6. The zero-order valence-corrected chi connectivity index (χ0v) is 23.8. The fourth-order valence-electron chi connectivity index (χ4n) is 6.47. The number of carbonyl (C=O) groups is 2. The van der Waals surface area contributed by atoms with E-state index in [1.165, 1.54) is 16.4 Å². The standard InChI is InChI=1S/C30H30ClFN4O4S/c31-25-4-2-1-3-21(25)18-34-28(37)20-7-12-26-24(17-20)30(13-15-35(16-14-30)29(33)38)27(19-5-6-19)36(26)41(39,40)23-10-8-22(32)9-11-23/h1-4,7-12,17,19,27H,5-6,13-16,18H2,(H2,33,38)(H,34,37). The molecule has 1 saturated carbocycles. The molecule has 41 heavy (non-hydrogen) atoms. The lowest BCUT2D eigenvalue weighted by atomic mass is 9.68. The number of nitrogens with one attached hydrogen (secondary N) is 1. The largest absolute Gasteiger partial charge is 0.351 e. The first-order valence-corrected chi connectivity index (χ1v) is 15.4. The minimum Gasteiger partial charge on any atom is -0.351 e. The number of piperidine rings is 1. The van der Waals surface area contributed by atoms with Gasteiger partial charge in [-0.15, -0.1) is 0 Å². The molecule has 11 heteroatoms. The third-order valence-electron chi connectivity index (χ3n) is 8.65. The molecule has 1 atom stereocenters. The number of rotatable bonds is 6. The second-order valence-electron chi connectivity index (χ2n) is 11.0. The Balaban J connectivity index is 1.42. The minimum atomic E-state index is -4.07. The van der Waals surface area contributed by atoms with Crippen LogP contribution >= 0.6 is 11.6 Å². The Morgan fingerprint density at radius 3 is 2.34 bits per heavy atom. The van der Waals surface area contributed by atoms with E-state index in [0.717, 1.165) is 36.1 Å². The van der Waals surface area contributed by atoms with Crippen molar-refractivity contribution in [3.05, 3.63) is 94.3 Å². The van der Waals surface area contributed by atoms with Gasteiger partial charge in [-0.1, -0.05) is 29.8 Å². The van der Waals surface area contributed by atoms with Gasteiger partial charge in [0.15, 0.2) is 0 Å². The van der Waals surface area contributed by atoms with E-state index in [4.69, 9.17) is 17.3 Å². The molecular formula is C30H30ClFN4O4S. The summed E-state index contributed by atoms with van der Waals surface area (Å²) < 4.78 is 43.6. The normalized spacial score (nSPS) is 19.7. The van der Waals surface area contributed by atoms with Crippen molar-refractivity contribution in [3.63, 3.8) is 0 Å². The number of nitrogens with two attached hydrogens (primary N) is 1. The molecule has 214 valence electrons. The Kier molecular flexibility index (Phi) is 6.94. The maximum atomic E-state index is 14.2. The Morgan fingerprint density at radius 2 is 1.71 bits per heavy atom. The van der Waals surface area contributed by atoms with E-state index in [9.17, 15) is 22.4 Å². The Labute approximate surface area is 243 Å². The average Bonchev–Trinajstić information content (AvgIpc) is 3.76. The topological polar surface area (TPSA) is 113 Å². The second kappa shape index (κ2) is 10.3. The van der Waals surface area contributed by atoms with Crippen LogP contribution in [0, 0.1) is 11.7 Å². The number of amides is 3. The average molecular weight is 597 g/mol. The first-order chi connectivity index (χ1) is 19.6. The van der Waals surface area contributed by atoms with E-state index in [-0.39, 0.29) is 23.3 Å². The molecule has 1 spiro atoms. The van der Waals surface area contributed by atoms with Crippen molar-refractivity contribution in [2.75, 3.05) is 17.4 Å². The predicted octanol–water partition coefficient (Wildman–Crippen LogP) is 4.81. The number of nitrogens with zero attached hydrogens (tertiary/aromatic N) is 2. The number of halogens is 2. The van der Waals surface area contributed by atoms with Crippen molar-refractivity contribution in [1.29, 1.82) is 0 Å². The van der Waals surface area contributed by atoms with E-state index < -0.39 is 33.3 Å². The monoisotopic (exact) mass is 596 g/mol. The van der Waals surface area contributed by atoms with Crippen molar-refractivity contribution < 1.29 is 22.4 Å². The zero-order valence-electron chi connectivity index (χ0n) is 22.2. The number of benzene rings is 3. The van der Waals surface area contributed by atoms with Gasteiger partial charge in [-0.3, -0.25) is 9.10 Å². The smallest absolute Gasteiger partial charge is 0.314 e. The highest BCUT2D eigenvalue weighted by Gasteiger charge is 2.60. The summed E-state index contributed by atoms with van der Waals surface area (Å²) in [6, 6.07) is 16.3. The SMILES string of the molecule is NC(=O)N1CCC2(CC1)c1cc(C(=O)NCc3ccccc3Cl)ccc1N(S(=O)(=O)c1ccc(F)cc1)C2C1CC1. The van der Waals surface area contributed by atoms with Crippen molar-refractivity contribution in [2.45, 2.75) is 48.6 Å². The lowest BCUT2D eigenvalue weighted by Gasteiger charge is -2.44. The lowest BCUT2D eigenvalue weighted by molar-refractivity contribution is 0.0950. The molecule has 2 aliphatic heterocycles. The van der Waals surface area contributed by atoms with Gasteiger partial charge < -0.3 is 16.0 Å². The molecule has 6 rings (SSSR count). The van der Waals surface area contributed by atoms with Gasteiger partial charge in [0.1, 0.15) is 5.82 Å². The summed E-state index contributed by atoms with van der Waals surface area (Å²) in [6.45, 7) is 1.00. The van der Waals surface area contributed by atoms with Gasteiger partial charge in [-0.25, -0.2) is 17.6 Å². The van der Waals surface area contributed by atoms with E-state index in [2.05, 4.69) is 5.32 Å². The van der Waals surface area contributed by atoms with Gasteiger partial charge in [0.05, 0.1) is 16.6 Å². The van der Waals surface area contributed by atoms with Crippen LogP contribution in [-0.2, 0) is 22.0 Å². The van der Waals surface area contributed by atoms with E-state index in [1.807, 2.05) is 18.2 Å². The third kappa shape index (κ3) is 4.82. The third-order valence-corrected chi connectivity index (χ3v) is 10.8. The molecule has 1 unspecified atom stereocenters. The highest BCUT2D eigenvalue weighted by atomic mass is 35.5. The van der Waals surface area contributed by atoms with E-state index >= 15 is 0 Å². The van der Waals surface area contributed by atoms with Crippen LogP contribution in [0.5, 0.6) is 0 Å². The summed E-state index contributed by atoms with van der Waals surface area (Å²) in [5.41, 5.74) is 7.44. The molecule has 0 bridgehead atoms. The highest BCUT2D eigenvalue weighted by Crippen LogP contribution is 2.59. The molecule has 1 saturated heterocycles. The van der Waals surface area contributed by atoms with Crippen LogP contribution < -0.4 is 15.4 Å². The maximum Gasteiger partial charge on any atom is 0.314 e. The number of fused-ring (bicyclic) bond motifs is 2. The molecule has 2 heterocycles. The summed E-state index contributed by atoms with van der Waals surface area (Å²) in [7, 11) is -4.07. The molecule has 0 radical (unpaired) electrons. The highest BCUT2D eigenvalue weighted by molar-refractivity contribution is 7.92. The van der Waals surface area contributed by atoms with Gasteiger partial charge in [0.2, 0.25) is 0 Å². The molecule has 2 fully saturated rings. The van der Waals surface area contributed by atoms with Crippen LogP contribution in [-0.4, -0.2) is 44.4 Å². The predicted molar refractivity (Wildman–Crippen MR) is 154 cm³/mol. The van der Waals surface area contributed by atoms with Crippen molar-refractivity contribution in [1.82, 2.24) is 10.2 Å². The molecule has 3 aromatic carbocycles. The minimum absolute atomic E-state index is 0.00341.